The van der Waals surface area contributed by atoms with E-state index in [2.05, 4.69) is 22.2 Å². The van der Waals surface area contributed by atoms with E-state index in [4.69, 9.17) is 5.26 Å². The number of nitrogens with zero attached hydrogens (tertiary/aromatic N) is 4. The molecule has 0 saturated heterocycles. The van der Waals surface area contributed by atoms with Crippen LogP contribution in [0.5, 0.6) is 0 Å². The molecule has 21 heavy (non-hydrogen) atoms. The molecule has 5 heteroatoms. The highest BCUT2D eigenvalue weighted by Crippen LogP contribution is 2.16. The number of aliphatic hydroxyl groups is 1. The van der Waals surface area contributed by atoms with Crippen molar-refractivity contribution < 1.29 is 5.11 Å². The quantitative estimate of drug-likeness (QED) is 0.796. The van der Waals surface area contributed by atoms with Crippen LogP contribution in [0.3, 0.4) is 0 Å². The number of rotatable bonds is 3. The summed E-state index contributed by atoms with van der Waals surface area (Å²) >= 11 is 0. The Hall–Kier alpha value is -2.71. The van der Waals surface area contributed by atoms with Crippen LogP contribution in [0.1, 0.15) is 22.4 Å². The molecule has 0 bridgehead atoms. The van der Waals surface area contributed by atoms with E-state index < -0.39 is 0 Å². The zero-order valence-electron chi connectivity index (χ0n) is 11.6. The molecule has 0 radical (unpaired) electrons. The highest BCUT2D eigenvalue weighted by Gasteiger charge is 2.08. The molecule has 1 aromatic carbocycles. The Bertz CT molecular complexity index is 845. The monoisotopic (exact) mass is 278 g/mol. The van der Waals surface area contributed by atoms with Gasteiger partial charge in [0.05, 0.1) is 18.7 Å². The van der Waals surface area contributed by atoms with Gasteiger partial charge in [0.15, 0.2) is 5.69 Å². The van der Waals surface area contributed by atoms with Crippen molar-refractivity contribution >= 4 is 10.9 Å². The van der Waals surface area contributed by atoms with Gasteiger partial charge in [0, 0.05) is 23.3 Å². The summed E-state index contributed by atoms with van der Waals surface area (Å²) in [7, 11) is 0. The average Bonchev–Trinajstić information content (AvgIpc) is 2.88. The molecule has 104 valence electrons. The van der Waals surface area contributed by atoms with Crippen LogP contribution in [-0.4, -0.2) is 19.9 Å². The number of hydrogen-bond donors (Lipinski definition) is 1. The Kier molecular flexibility index (Phi) is 3.38. The van der Waals surface area contributed by atoms with E-state index in [-0.39, 0.29) is 12.3 Å². The van der Waals surface area contributed by atoms with Gasteiger partial charge in [-0.25, -0.2) is 0 Å². The molecule has 0 aliphatic carbocycles. The van der Waals surface area contributed by atoms with Gasteiger partial charge in [0.2, 0.25) is 0 Å². The smallest absolute Gasteiger partial charge is 0.167 e. The summed E-state index contributed by atoms with van der Waals surface area (Å²) in [4.78, 5) is 4.38. The lowest BCUT2D eigenvalue weighted by atomic mass is 10.1. The predicted molar refractivity (Wildman–Crippen MR) is 78.4 cm³/mol. The van der Waals surface area contributed by atoms with E-state index in [1.807, 2.05) is 31.3 Å². The lowest BCUT2D eigenvalue weighted by molar-refractivity contribution is 0.281. The van der Waals surface area contributed by atoms with Gasteiger partial charge in [-0.1, -0.05) is 6.07 Å². The summed E-state index contributed by atoms with van der Waals surface area (Å²) in [5.74, 6) is 0. The molecule has 3 aromatic rings. The first-order chi connectivity index (χ1) is 10.2. The van der Waals surface area contributed by atoms with Crippen molar-refractivity contribution in [3.63, 3.8) is 0 Å². The van der Waals surface area contributed by atoms with Crippen LogP contribution >= 0.6 is 0 Å². The molecule has 2 aromatic heterocycles. The molecule has 0 aliphatic rings. The Balaban J connectivity index is 1.94. The minimum absolute atomic E-state index is 0.177. The minimum atomic E-state index is -0.177. The van der Waals surface area contributed by atoms with Gasteiger partial charge in [0.1, 0.15) is 6.07 Å². The molecule has 0 spiro atoms. The van der Waals surface area contributed by atoms with E-state index in [0.29, 0.717) is 12.1 Å². The number of pyridine rings is 1. The van der Waals surface area contributed by atoms with Crippen LogP contribution in [0.2, 0.25) is 0 Å². The molecule has 5 nitrogen and oxygen atoms in total. The number of benzene rings is 1. The van der Waals surface area contributed by atoms with E-state index in [1.54, 1.807) is 10.9 Å². The maximum atomic E-state index is 9.19. The van der Waals surface area contributed by atoms with Crippen molar-refractivity contribution in [2.75, 3.05) is 0 Å². The Labute approximate surface area is 122 Å². The van der Waals surface area contributed by atoms with Crippen LogP contribution in [0.25, 0.3) is 10.9 Å². The van der Waals surface area contributed by atoms with Gasteiger partial charge < -0.3 is 5.11 Å². The fourth-order valence-electron chi connectivity index (χ4n) is 2.33. The third-order valence-electron chi connectivity index (χ3n) is 3.34. The lowest BCUT2D eigenvalue weighted by Gasteiger charge is -2.04. The van der Waals surface area contributed by atoms with Crippen LogP contribution in [0.15, 0.2) is 36.7 Å². The van der Waals surface area contributed by atoms with E-state index in [1.165, 1.54) is 0 Å². The van der Waals surface area contributed by atoms with Crippen molar-refractivity contribution in [1.82, 2.24) is 14.8 Å². The molecule has 0 aliphatic heterocycles. The number of hydrogen-bond acceptors (Lipinski definition) is 4. The molecule has 0 atom stereocenters. The third-order valence-corrected chi connectivity index (χ3v) is 3.34. The summed E-state index contributed by atoms with van der Waals surface area (Å²) in [6.07, 6.45) is 3.56. The number of aryl methyl sites for hydroxylation is 1. The highest BCUT2D eigenvalue weighted by molar-refractivity contribution is 5.79. The van der Waals surface area contributed by atoms with Crippen molar-refractivity contribution in [3.05, 3.63) is 59.0 Å². The van der Waals surface area contributed by atoms with Crippen LogP contribution < -0.4 is 0 Å². The second-order valence-corrected chi connectivity index (χ2v) is 5.01. The topological polar surface area (TPSA) is 74.7 Å². The SMILES string of the molecule is Cc1cnc2ccc(Cn3cc(CO)c(C#N)n3)cc2c1. The van der Waals surface area contributed by atoms with E-state index >= 15 is 0 Å². The van der Waals surface area contributed by atoms with E-state index in [0.717, 1.165) is 22.0 Å². The first-order valence-corrected chi connectivity index (χ1v) is 6.62. The number of nitriles is 1. The van der Waals surface area contributed by atoms with Crippen LogP contribution in [0, 0.1) is 18.3 Å². The average molecular weight is 278 g/mol. The van der Waals surface area contributed by atoms with Crippen LogP contribution in [-0.2, 0) is 13.2 Å². The molecule has 2 heterocycles. The van der Waals surface area contributed by atoms with E-state index in [9.17, 15) is 5.11 Å². The molecule has 1 N–H and O–H groups in total. The second kappa shape index (κ2) is 5.35. The van der Waals surface area contributed by atoms with Crippen LogP contribution in [0.4, 0.5) is 0 Å². The fraction of sp³-hybridized carbons (Fsp3) is 0.188. The summed E-state index contributed by atoms with van der Waals surface area (Å²) in [5.41, 5.74) is 3.98. The molecule has 0 saturated carbocycles. The largest absolute Gasteiger partial charge is 0.392 e. The van der Waals surface area contributed by atoms with Gasteiger partial charge in [0.25, 0.3) is 0 Å². The standard InChI is InChI=1S/C16H14N4O/c1-11-4-13-5-12(2-3-15(13)18-7-11)8-20-9-14(10-21)16(6-17)19-20/h2-5,7,9,21H,8,10H2,1H3. The summed E-state index contributed by atoms with van der Waals surface area (Å²) in [6.45, 7) is 2.39. The van der Waals surface area contributed by atoms with Gasteiger partial charge in [-0.05, 0) is 36.2 Å². The molecular weight excluding hydrogens is 264 g/mol. The van der Waals surface area contributed by atoms with Crippen molar-refractivity contribution in [1.29, 1.82) is 5.26 Å². The minimum Gasteiger partial charge on any atom is -0.392 e. The molecule has 3 rings (SSSR count). The summed E-state index contributed by atoms with van der Waals surface area (Å²) in [5, 5.41) is 23.4. The van der Waals surface area contributed by atoms with Gasteiger partial charge in [-0.2, -0.15) is 10.4 Å². The zero-order chi connectivity index (χ0) is 14.8. The normalized spacial score (nSPS) is 10.7. The molecule has 0 amide bonds. The van der Waals surface area contributed by atoms with Crippen molar-refractivity contribution in [2.24, 2.45) is 0 Å². The highest BCUT2D eigenvalue weighted by atomic mass is 16.3. The first-order valence-electron chi connectivity index (χ1n) is 6.62. The van der Waals surface area contributed by atoms with Crippen molar-refractivity contribution in [3.8, 4) is 6.07 Å². The van der Waals surface area contributed by atoms with Gasteiger partial charge in [-0.3, -0.25) is 9.67 Å². The van der Waals surface area contributed by atoms with Gasteiger partial charge in [-0.15, -0.1) is 0 Å². The Morgan fingerprint density at radius 3 is 2.90 bits per heavy atom. The first kappa shape index (κ1) is 13.3. The summed E-state index contributed by atoms with van der Waals surface area (Å²) < 4.78 is 1.68. The Morgan fingerprint density at radius 1 is 1.33 bits per heavy atom. The molecular formula is C16H14N4O. The number of aromatic nitrogens is 3. The second-order valence-electron chi connectivity index (χ2n) is 5.01. The molecule has 0 fully saturated rings. The zero-order valence-corrected chi connectivity index (χ0v) is 11.6. The Morgan fingerprint density at radius 2 is 2.19 bits per heavy atom. The maximum Gasteiger partial charge on any atom is 0.167 e. The summed E-state index contributed by atoms with van der Waals surface area (Å²) in [6, 6.07) is 10.1. The maximum absolute atomic E-state index is 9.19. The van der Waals surface area contributed by atoms with Crippen molar-refractivity contribution in [2.45, 2.75) is 20.1 Å². The van der Waals surface area contributed by atoms with Gasteiger partial charge >= 0.3 is 0 Å². The number of fused-ring (bicyclic) bond motifs is 1. The lowest BCUT2D eigenvalue weighted by Crippen LogP contribution is -2.00. The third kappa shape index (κ3) is 2.62. The predicted octanol–water partition coefficient (Wildman–Crippen LogP) is 2.15. The fourth-order valence-corrected chi connectivity index (χ4v) is 2.33. The number of aliphatic hydroxyl groups excluding tert-OH is 1. The molecule has 0 unspecified atom stereocenters.